The van der Waals surface area contributed by atoms with Crippen LogP contribution in [0.15, 0.2) is 42.9 Å². The van der Waals surface area contributed by atoms with Crippen molar-refractivity contribution in [3.05, 3.63) is 54.0 Å². The number of benzene rings is 1. The van der Waals surface area contributed by atoms with Crippen LogP contribution in [0.25, 0.3) is 44.7 Å². The topological polar surface area (TPSA) is 125 Å². The van der Waals surface area contributed by atoms with Gasteiger partial charge >= 0.3 is 6.03 Å². The van der Waals surface area contributed by atoms with Gasteiger partial charge in [0.1, 0.15) is 5.69 Å². The maximum absolute atomic E-state index is 12.6. The average molecular weight is 469 g/mol. The molecule has 5 aromatic rings. The van der Waals surface area contributed by atoms with Gasteiger partial charge in [0.05, 0.1) is 41.5 Å². The molecule has 1 fully saturated rings. The first-order valence-corrected chi connectivity index (χ1v) is 11.5. The van der Waals surface area contributed by atoms with E-state index in [2.05, 4.69) is 49.5 Å². The number of ether oxygens (including phenoxy) is 1. The van der Waals surface area contributed by atoms with Crippen LogP contribution in [0, 0.1) is 13.8 Å². The molecular weight excluding hydrogens is 444 g/mol. The van der Waals surface area contributed by atoms with E-state index in [4.69, 9.17) is 9.72 Å². The highest BCUT2D eigenvalue weighted by atomic mass is 16.5. The molecule has 4 aromatic heterocycles. The molecule has 0 atom stereocenters. The molecule has 0 radical (unpaired) electrons. The number of aryl methyl sites for hydroxylation is 2. The molecule has 2 amide bonds. The summed E-state index contributed by atoms with van der Waals surface area (Å²) in [5, 5.41) is 11.3. The van der Waals surface area contributed by atoms with Gasteiger partial charge in [-0.25, -0.2) is 14.8 Å². The van der Waals surface area contributed by atoms with Crippen molar-refractivity contribution in [1.82, 2.24) is 35.0 Å². The zero-order chi connectivity index (χ0) is 23.9. The lowest BCUT2D eigenvalue weighted by molar-refractivity contribution is 0.0564. The summed E-state index contributed by atoms with van der Waals surface area (Å²) in [5.41, 5.74) is 7.87. The third-order valence-electron chi connectivity index (χ3n) is 6.32. The minimum atomic E-state index is -0.159. The monoisotopic (exact) mass is 468 g/mol. The Balaban J connectivity index is 1.34. The fourth-order valence-corrected chi connectivity index (χ4v) is 4.35. The number of carbonyl (C=O) groups excluding carboxylic acids is 1. The van der Waals surface area contributed by atoms with Gasteiger partial charge in [0.25, 0.3) is 0 Å². The molecule has 0 saturated carbocycles. The van der Waals surface area contributed by atoms with Crippen molar-refractivity contribution in [2.75, 3.05) is 31.6 Å². The van der Waals surface area contributed by atoms with Crippen LogP contribution in [-0.4, -0.2) is 67.4 Å². The number of nitrogens with one attached hydrogen (secondary N) is 3. The Labute approximate surface area is 200 Å². The van der Waals surface area contributed by atoms with Crippen LogP contribution >= 0.6 is 0 Å². The fraction of sp³-hybridized carbons (Fsp3) is 0.240. The van der Waals surface area contributed by atoms with Crippen LogP contribution in [-0.2, 0) is 4.74 Å². The summed E-state index contributed by atoms with van der Waals surface area (Å²) in [5.74, 6) is 0.687. The van der Waals surface area contributed by atoms with Crippen LogP contribution in [0.4, 0.5) is 10.5 Å². The Hall–Kier alpha value is -4.31. The highest BCUT2D eigenvalue weighted by Crippen LogP contribution is 2.31. The normalized spacial score (nSPS) is 14.1. The summed E-state index contributed by atoms with van der Waals surface area (Å²) in [6.45, 7) is 6.35. The van der Waals surface area contributed by atoms with E-state index in [-0.39, 0.29) is 6.03 Å². The number of nitrogens with zero attached hydrogens (tertiary/aromatic N) is 5. The number of aromatic nitrogens is 6. The van der Waals surface area contributed by atoms with Crippen molar-refractivity contribution in [3.8, 4) is 22.6 Å². The number of carbonyl (C=O) groups is 1. The Morgan fingerprint density at radius 1 is 1.06 bits per heavy atom. The first kappa shape index (κ1) is 21.2. The summed E-state index contributed by atoms with van der Waals surface area (Å²) in [6.07, 6.45) is 5.15. The number of aromatic amines is 2. The molecular formula is C25H24N8O2. The molecule has 35 heavy (non-hydrogen) atoms. The predicted octanol–water partition coefficient (Wildman–Crippen LogP) is 4.04. The van der Waals surface area contributed by atoms with Crippen LogP contribution in [0.2, 0.25) is 0 Å². The molecule has 176 valence electrons. The number of fused-ring (bicyclic) bond motifs is 2. The predicted molar refractivity (Wildman–Crippen MR) is 133 cm³/mol. The largest absolute Gasteiger partial charge is 0.378 e. The second kappa shape index (κ2) is 8.48. The van der Waals surface area contributed by atoms with Gasteiger partial charge in [-0.1, -0.05) is 12.1 Å². The second-order valence-electron chi connectivity index (χ2n) is 8.69. The van der Waals surface area contributed by atoms with E-state index >= 15 is 0 Å². The number of urea groups is 1. The molecule has 6 rings (SSSR count). The van der Waals surface area contributed by atoms with E-state index in [1.165, 1.54) is 0 Å². The van der Waals surface area contributed by atoms with Crippen molar-refractivity contribution in [1.29, 1.82) is 0 Å². The molecule has 0 aliphatic carbocycles. The minimum Gasteiger partial charge on any atom is -0.378 e. The van der Waals surface area contributed by atoms with Crippen LogP contribution in [0.3, 0.4) is 0 Å². The zero-order valence-electron chi connectivity index (χ0n) is 19.4. The fourth-order valence-electron chi connectivity index (χ4n) is 4.35. The van der Waals surface area contributed by atoms with Gasteiger partial charge in [0.2, 0.25) is 0 Å². The van der Waals surface area contributed by atoms with Gasteiger partial charge in [0.15, 0.2) is 11.5 Å². The molecule has 1 aliphatic heterocycles. The summed E-state index contributed by atoms with van der Waals surface area (Å²) in [7, 11) is 0. The number of imidazole rings is 1. The maximum Gasteiger partial charge on any atom is 0.322 e. The maximum atomic E-state index is 12.6. The lowest BCUT2D eigenvalue weighted by Gasteiger charge is -2.26. The first-order chi connectivity index (χ1) is 17.1. The Bertz CT molecular complexity index is 1530. The molecule has 1 saturated heterocycles. The third kappa shape index (κ3) is 3.87. The summed E-state index contributed by atoms with van der Waals surface area (Å²) in [4.78, 5) is 31.4. The zero-order valence-corrected chi connectivity index (χ0v) is 19.4. The third-order valence-corrected chi connectivity index (χ3v) is 6.32. The molecule has 10 nitrogen and oxygen atoms in total. The van der Waals surface area contributed by atoms with Gasteiger partial charge in [-0.3, -0.25) is 10.1 Å². The SMILES string of the molecule is Cc1ccc(C)c2[nH]c(-c3n[nH]c4ncc(-c5cncc(NC(=O)N6CCOCC6)c5)cc34)nc12. The molecule has 3 N–H and O–H groups in total. The average Bonchev–Trinajstić information content (AvgIpc) is 3.52. The van der Waals surface area contributed by atoms with Gasteiger partial charge in [-0.05, 0) is 37.1 Å². The van der Waals surface area contributed by atoms with Gasteiger partial charge in [-0.2, -0.15) is 5.10 Å². The molecule has 0 unspecified atom stereocenters. The van der Waals surface area contributed by atoms with Crippen molar-refractivity contribution in [3.63, 3.8) is 0 Å². The van der Waals surface area contributed by atoms with Crippen LogP contribution < -0.4 is 5.32 Å². The molecule has 0 bridgehead atoms. The Morgan fingerprint density at radius 3 is 2.69 bits per heavy atom. The van der Waals surface area contributed by atoms with E-state index in [1.54, 1.807) is 23.5 Å². The number of pyridine rings is 2. The summed E-state index contributed by atoms with van der Waals surface area (Å²) < 4.78 is 5.32. The second-order valence-corrected chi connectivity index (χ2v) is 8.69. The molecule has 1 aromatic carbocycles. The number of morpholine rings is 1. The molecule has 5 heterocycles. The van der Waals surface area contributed by atoms with E-state index < -0.39 is 0 Å². The summed E-state index contributed by atoms with van der Waals surface area (Å²) >= 11 is 0. The first-order valence-electron chi connectivity index (χ1n) is 11.5. The van der Waals surface area contributed by atoms with Gasteiger partial charge in [0, 0.05) is 36.6 Å². The standard InChI is InChI=1S/C25H24N8O2/c1-14-3-4-15(2)21-20(14)29-24(30-21)22-19-10-17(12-27-23(19)32-31-22)16-9-18(13-26-11-16)28-25(34)33-5-7-35-8-6-33/h3-4,9-13H,5-8H2,1-2H3,(H,28,34)(H,29,30)(H,27,31,32). The number of H-pyrrole nitrogens is 2. The van der Waals surface area contributed by atoms with Crippen molar-refractivity contribution < 1.29 is 9.53 Å². The van der Waals surface area contributed by atoms with Crippen molar-refractivity contribution in [2.45, 2.75) is 13.8 Å². The quantitative estimate of drug-likeness (QED) is 0.367. The minimum absolute atomic E-state index is 0.159. The van der Waals surface area contributed by atoms with Crippen molar-refractivity contribution in [2.24, 2.45) is 0 Å². The van der Waals surface area contributed by atoms with Crippen LogP contribution in [0.5, 0.6) is 0 Å². The molecule has 0 spiro atoms. The number of anilines is 1. The number of amides is 2. The number of hydrogen-bond donors (Lipinski definition) is 3. The lowest BCUT2D eigenvalue weighted by Crippen LogP contribution is -2.43. The van der Waals surface area contributed by atoms with Gasteiger partial charge in [-0.15, -0.1) is 0 Å². The highest BCUT2D eigenvalue weighted by Gasteiger charge is 2.18. The van der Waals surface area contributed by atoms with E-state index in [9.17, 15) is 4.79 Å². The number of hydrogen-bond acceptors (Lipinski definition) is 6. The van der Waals surface area contributed by atoms with E-state index in [1.807, 2.05) is 19.1 Å². The van der Waals surface area contributed by atoms with E-state index in [0.29, 0.717) is 49.2 Å². The number of rotatable bonds is 3. The molecule has 1 aliphatic rings. The van der Waals surface area contributed by atoms with Crippen LogP contribution in [0.1, 0.15) is 11.1 Å². The van der Waals surface area contributed by atoms with E-state index in [0.717, 1.165) is 38.7 Å². The van der Waals surface area contributed by atoms with Gasteiger partial charge < -0.3 is 19.9 Å². The summed E-state index contributed by atoms with van der Waals surface area (Å²) in [6, 6.07) is 7.90. The van der Waals surface area contributed by atoms with Crippen molar-refractivity contribution >= 4 is 33.8 Å². The lowest BCUT2D eigenvalue weighted by atomic mass is 10.1. The Kier molecular flexibility index (Phi) is 5.14. The Morgan fingerprint density at radius 2 is 1.86 bits per heavy atom. The highest BCUT2D eigenvalue weighted by molar-refractivity contribution is 5.95. The smallest absolute Gasteiger partial charge is 0.322 e. The molecule has 10 heteroatoms.